The Morgan fingerprint density at radius 3 is 2.00 bits per heavy atom. The van der Waals surface area contributed by atoms with E-state index < -0.39 is 18.7 Å². The van der Waals surface area contributed by atoms with E-state index in [0.717, 1.165) is 32.5 Å². The molecule has 0 rings (SSSR count). The maximum atomic E-state index is 9.70. The molecule has 0 aromatic carbocycles. The number of hydrogen-bond donors (Lipinski definition) is 4. The molecular weight excluding hydrogens is 246 g/mol. The fourth-order valence-corrected chi connectivity index (χ4v) is 1.71. The number of nitrogens with zero attached hydrogens (tertiary/aromatic N) is 2. The van der Waals surface area contributed by atoms with Gasteiger partial charge in [-0.15, -0.1) is 0 Å². The monoisotopic (exact) mass is 277 g/mol. The van der Waals surface area contributed by atoms with E-state index in [4.69, 9.17) is 5.11 Å². The van der Waals surface area contributed by atoms with Crippen LogP contribution in [0.1, 0.15) is 33.6 Å². The molecule has 6 nitrogen and oxygen atoms in total. The van der Waals surface area contributed by atoms with Crippen molar-refractivity contribution in [3.05, 3.63) is 0 Å². The maximum Gasteiger partial charge on any atom is 0.104 e. The quantitative estimate of drug-likeness (QED) is 0.304. The first kappa shape index (κ1) is 18.8. The summed E-state index contributed by atoms with van der Waals surface area (Å²) in [5.74, 6) is 0. The predicted molar refractivity (Wildman–Crippen MR) is 76.5 cm³/mol. The molecule has 0 amide bonds. The summed E-state index contributed by atoms with van der Waals surface area (Å²) in [5, 5.41) is 31.1. The first-order chi connectivity index (χ1) is 8.84. The summed E-state index contributed by atoms with van der Waals surface area (Å²) in [4.78, 5) is 3.83. The molecule has 4 N–H and O–H groups in total. The smallest absolute Gasteiger partial charge is 0.104 e. The molecule has 0 fully saturated rings. The van der Waals surface area contributed by atoms with Gasteiger partial charge in [0.2, 0.25) is 0 Å². The van der Waals surface area contributed by atoms with Crippen molar-refractivity contribution in [3.8, 4) is 0 Å². The van der Waals surface area contributed by atoms with Crippen molar-refractivity contribution in [2.75, 3.05) is 33.2 Å². The molecule has 6 heteroatoms. The van der Waals surface area contributed by atoms with Crippen LogP contribution in [0, 0.1) is 0 Å². The lowest BCUT2D eigenvalue weighted by atomic mass is 10.2. The van der Waals surface area contributed by atoms with Crippen LogP contribution in [0.3, 0.4) is 0 Å². The topological polar surface area (TPSA) is 79.2 Å². The van der Waals surface area contributed by atoms with Crippen molar-refractivity contribution in [2.24, 2.45) is 0 Å². The third kappa shape index (κ3) is 10.2. The van der Waals surface area contributed by atoms with E-state index >= 15 is 0 Å². The van der Waals surface area contributed by atoms with Gasteiger partial charge in [-0.2, -0.15) is 0 Å². The van der Waals surface area contributed by atoms with Gasteiger partial charge in [0, 0.05) is 19.6 Å². The minimum absolute atomic E-state index is 0.465. The number of hydrogen-bond acceptors (Lipinski definition) is 6. The van der Waals surface area contributed by atoms with Crippen LogP contribution in [-0.2, 0) is 0 Å². The number of nitrogens with one attached hydrogen (secondary N) is 1. The average Bonchev–Trinajstić information content (AvgIpc) is 2.31. The molecule has 3 atom stereocenters. The largest absolute Gasteiger partial charge is 0.379 e. The molecule has 0 saturated heterocycles. The zero-order valence-electron chi connectivity index (χ0n) is 12.7. The highest BCUT2D eigenvalue weighted by atomic mass is 16.3. The average molecular weight is 277 g/mol. The lowest BCUT2D eigenvalue weighted by Crippen LogP contribution is -2.41. The zero-order valence-corrected chi connectivity index (χ0v) is 12.7. The summed E-state index contributed by atoms with van der Waals surface area (Å²) in [6, 6.07) is 0. The van der Waals surface area contributed by atoms with Crippen LogP contribution in [0.4, 0.5) is 0 Å². The van der Waals surface area contributed by atoms with E-state index in [1.54, 1.807) is 20.8 Å². The Morgan fingerprint density at radius 1 is 0.895 bits per heavy atom. The number of unbranched alkanes of at least 4 members (excludes halogenated alkanes) is 1. The van der Waals surface area contributed by atoms with Gasteiger partial charge in [0.05, 0.1) is 0 Å². The molecule has 3 unspecified atom stereocenters. The standard InChI is InChI=1S/C13H31N3O3/c1-11(17)14-7-5-6-8-16(13(3)19)10-9-15(4)12(2)18/h11-14,17-19H,5-10H2,1-4H3. The molecule has 0 aliphatic heterocycles. The molecule has 0 aliphatic rings. The summed E-state index contributed by atoms with van der Waals surface area (Å²) >= 11 is 0. The van der Waals surface area contributed by atoms with E-state index in [9.17, 15) is 10.2 Å². The van der Waals surface area contributed by atoms with Crippen molar-refractivity contribution in [2.45, 2.75) is 52.3 Å². The number of rotatable bonds is 11. The third-order valence-electron chi connectivity index (χ3n) is 3.22. The normalized spacial score (nSPS) is 16.9. The first-order valence-electron chi connectivity index (χ1n) is 7.06. The lowest BCUT2D eigenvalue weighted by molar-refractivity contribution is -0.00887. The Bertz CT molecular complexity index is 213. The Balaban J connectivity index is 3.80. The van der Waals surface area contributed by atoms with E-state index in [1.807, 2.05) is 16.8 Å². The van der Waals surface area contributed by atoms with Crippen molar-refractivity contribution >= 4 is 0 Å². The SMILES string of the molecule is CC(O)NCCCCN(CCN(C)C(C)O)C(C)O. The summed E-state index contributed by atoms with van der Waals surface area (Å²) in [6.45, 7) is 8.22. The molecule has 0 saturated carbocycles. The van der Waals surface area contributed by atoms with Crippen LogP contribution in [0.2, 0.25) is 0 Å². The Labute approximate surface area is 117 Å². The summed E-state index contributed by atoms with van der Waals surface area (Å²) in [6.07, 6.45) is 0.509. The minimum atomic E-state index is -0.480. The lowest BCUT2D eigenvalue weighted by Gasteiger charge is -2.28. The molecule has 0 heterocycles. The second kappa shape index (κ2) is 10.5. The van der Waals surface area contributed by atoms with Gasteiger partial charge in [0.25, 0.3) is 0 Å². The van der Waals surface area contributed by atoms with Crippen LogP contribution in [-0.4, -0.2) is 77.0 Å². The fourth-order valence-electron chi connectivity index (χ4n) is 1.71. The minimum Gasteiger partial charge on any atom is -0.379 e. The van der Waals surface area contributed by atoms with Gasteiger partial charge >= 0.3 is 0 Å². The van der Waals surface area contributed by atoms with Gasteiger partial charge in [0.1, 0.15) is 18.7 Å². The van der Waals surface area contributed by atoms with Crippen molar-refractivity contribution < 1.29 is 15.3 Å². The van der Waals surface area contributed by atoms with Crippen LogP contribution >= 0.6 is 0 Å². The van der Waals surface area contributed by atoms with E-state index in [2.05, 4.69) is 5.32 Å². The molecule has 0 aromatic heterocycles. The molecule has 116 valence electrons. The number of aliphatic hydroxyl groups excluding tert-OH is 3. The number of likely N-dealkylation sites (N-methyl/N-ethyl adjacent to an activating group) is 1. The first-order valence-corrected chi connectivity index (χ1v) is 7.06. The van der Waals surface area contributed by atoms with Gasteiger partial charge < -0.3 is 15.3 Å². The number of aliphatic hydroxyl groups is 3. The Morgan fingerprint density at radius 2 is 1.53 bits per heavy atom. The van der Waals surface area contributed by atoms with Gasteiger partial charge in [-0.1, -0.05) is 0 Å². The molecule has 0 aliphatic carbocycles. The van der Waals surface area contributed by atoms with Crippen molar-refractivity contribution in [1.29, 1.82) is 0 Å². The molecular formula is C13H31N3O3. The molecule has 0 spiro atoms. The summed E-state index contributed by atoms with van der Waals surface area (Å²) in [7, 11) is 1.86. The Kier molecular flexibility index (Phi) is 10.4. The van der Waals surface area contributed by atoms with Gasteiger partial charge in [0.15, 0.2) is 0 Å². The third-order valence-corrected chi connectivity index (χ3v) is 3.22. The predicted octanol–water partition coefficient (Wildman–Crippen LogP) is -0.395. The molecule has 0 radical (unpaired) electrons. The highest BCUT2D eigenvalue weighted by molar-refractivity contribution is 4.63. The van der Waals surface area contributed by atoms with Crippen molar-refractivity contribution in [3.63, 3.8) is 0 Å². The van der Waals surface area contributed by atoms with E-state index in [0.29, 0.717) is 6.54 Å². The highest BCUT2D eigenvalue weighted by Crippen LogP contribution is 2.01. The van der Waals surface area contributed by atoms with E-state index in [1.165, 1.54) is 0 Å². The van der Waals surface area contributed by atoms with E-state index in [-0.39, 0.29) is 0 Å². The highest BCUT2D eigenvalue weighted by Gasteiger charge is 2.12. The molecule has 0 bridgehead atoms. The van der Waals surface area contributed by atoms with Crippen LogP contribution in [0.5, 0.6) is 0 Å². The van der Waals surface area contributed by atoms with Gasteiger partial charge in [-0.05, 0) is 47.2 Å². The summed E-state index contributed by atoms with van der Waals surface area (Å²) < 4.78 is 0. The second-order valence-corrected chi connectivity index (χ2v) is 5.12. The fraction of sp³-hybridized carbons (Fsp3) is 1.00. The maximum absolute atomic E-state index is 9.70. The molecule has 19 heavy (non-hydrogen) atoms. The van der Waals surface area contributed by atoms with Gasteiger partial charge in [-0.25, -0.2) is 0 Å². The second-order valence-electron chi connectivity index (χ2n) is 5.12. The van der Waals surface area contributed by atoms with Gasteiger partial charge in [-0.3, -0.25) is 15.1 Å². The summed E-state index contributed by atoms with van der Waals surface area (Å²) in [5.41, 5.74) is 0. The van der Waals surface area contributed by atoms with Crippen molar-refractivity contribution in [1.82, 2.24) is 15.1 Å². The zero-order chi connectivity index (χ0) is 14.8. The van der Waals surface area contributed by atoms with Crippen LogP contribution in [0.25, 0.3) is 0 Å². The van der Waals surface area contributed by atoms with Crippen LogP contribution < -0.4 is 5.32 Å². The molecule has 0 aromatic rings. The van der Waals surface area contributed by atoms with Crippen LogP contribution in [0.15, 0.2) is 0 Å². The Hall–Kier alpha value is -0.240.